The fraction of sp³-hybridized carbons (Fsp3) is 0.400. The maximum Gasteiger partial charge on any atom is 0.301 e. The van der Waals surface area contributed by atoms with Crippen LogP contribution < -0.4 is 15.4 Å². The van der Waals surface area contributed by atoms with E-state index in [4.69, 9.17) is 11.6 Å². The second-order valence-electron chi connectivity index (χ2n) is 7.63. The fourth-order valence-electron chi connectivity index (χ4n) is 3.42. The van der Waals surface area contributed by atoms with Crippen LogP contribution in [0.2, 0.25) is 5.02 Å². The number of benzene rings is 2. The van der Waals surface area contributed by atoms with Gasteiger partial charge in [0.2, 0.25) is 0 Å². The molecule has 0 saturated carbocycles. The summed E-state index contributed by atoms with van der Waals surface area (Å²) in [6.45, 7) is 4.74. The van der Waals surface area contributed by atoms with Gasteiger partial charge in [-0.3, -0.25) is 4.72 Å². The number of rotatable bonds is 7. The number of nitrogens with zero attached hydrogens (tertiary/aromatic N) is 1. The zero-order valence-corrected chi connectivity index (χ0v) is 20.8. The topological polar surface area (TPSA) is 73.5 Å². The average Bonchev–Trinajstić information content (AvgIpc) is 2.69. The van der Waals surface area contributed by atoms with Gasteiger partial charge in [-0.15, -0.1) is 0 Å². The maximum atomic E-state index is 14.6. The maximum absolute atomic E-state index is 14.6. The minimum atomic E-state index is -3.96. The van der Waals surface area contributed by atoms with Crippen molar-refractivity contribution in [2.24, 2.45) is 0 Å². The SMILES string of the molecule is CC(C)NC1CCN(S(=O)(=O)Nc2ccc(F)c(F)c2Nc2ccc(I)cc2Cl)CC1. The van der Waals surface area contributed by atoms with Gasteiger partial charge in [0.05, 0.1) is 16.4 Å². The first-order valence-corrected chi connectivity index (χ1v) is 12.7. The van der Waals surface area contributed by atoms with Crippen LogP contribution in [0.25, 0.3) is 0 Å². The highest BCUT2D eigenvalue weighted by Crippen LogP contribution is 2.34. The first-order chi connectivity index (χ1) is 14.6. The molecule has 0 bridgehead atoms. The molecule has 1 aliphatic rings. The molecule has 6 nitrogen and oxygen atoms in total. The molecule has 3 N–H and O–H groups in total. The van der Waals surface area contributed by atoms with Gasteiger partial charge in [-0.2, -0.15) is 12.7 Å². The van der Waals surface area contributed by atoms with Gasteiger partial charge < -0.3 is 10.6 Å². The second-order valence-corrected chi connectivity index (χ2v) is 11.0. The number of hydrogen-bond acceptors (Lipinski definition) is 4. The molecule has 11 heteroatoms. The van der Waals surface area contributed by atoms with Crippen LogP contribution in [0.4, 0.5) is 25.8 Å². The number of piperidine rings is 1. The van der Waals surface area contributed by atoms with Crippen molar-refractivity contribution in [2.45, 2.75) is 38.8 Å². The molecule has 0 spiro atoms. The molecule has 0 aliphatic carbocycles. The van der Waals surface area contributed by atoms with Gasteiger partial charge in [0.25, 0.3) is 0 Å². The molecule has 2 aromatic rings. The van der Waals surface area contributed by atoms with Crippen LogP contribution >= 0.6 is 34.2 Å². The normalized spacial score (nSPS) is 16.0. The molecule has 1 saturated heterocycles. The molecule has 0 radical (unpaired) electrons. The Balaban J connectivity index is 1.82. The van der Waals surface area contributed by atoms with E-state index in [1.165, 1.54) is 10.4 Å². The average molecular weight is 585 g/mol. The molecule has 1 fully saturated rings. The Bertz CT molecular complexity index is 1050. The molecule has 3 rings (SSSR count). The zero-order valence-electron chi connectivity index (χ0n) is 17.1. The van der Waals surface area contributed by atoms with Crippen molar-refractivity contribution in [2.75, 3.05) is 23.1 Å². The Hall–Kier alpha value is -1.21. The molecular weight excluding hydrogens is 561 g/mol. The first-order valence-electron chi connectivity index (χ1n) is 9.81. The van der Waals surface area contributed by atoms with Crippen molar-refractivity contribution in [1.82, 2.24) is 9.62 Å². The van der Waals surface area contributed by atoms with Gasteiger partial charge in [-0.05, 0) is 65.8 Å². The monoisotopic (exact) mass is 584 g/mol. The smallest absolute Gasteiger partial charge is 0.301 e. The van der Waals surface area contributed by atoms with Gasteiger partial charge in [0.1, 0.15) is 5.69 Å². The Morgan fingerprint density at radius 3 is 2.39 bits per heavy atom. The molecule has 1 heterocycles. The second kappa shape index (κ2) is 10.2. The number of hydrogen-bond donors (Lipinski definition) is 3. The summed E-state index contributed by atoms with van der Waals surface area (Å²) in [6.07, 6.45) is 1.33. The van der Waals surface area contributed by atoms with Crippen molar-refractivity contribution in [1.29, 1.82) is 0 Å². The largest absolute Gasteiger partial charge is 0.350 e. The Morgan fingerprint density at radius 2 is 1.77 bits per heavy atom. The van der Waals surface area contributed by atoms with E-state index in [2.05, 4.69) is 37.9 Å². The quantitative estimate of drug-likeness (QED) is 0.397. The summed E-state index contributed by atoms with van der Waals surface area (Å²) in [5.74, 6) is -2.30. The lowest BCUT2D eigenvalue weighted by Gasteiger charge is -2.33. The standard InChI is InChI=1S/C20H24ClF2IN4O2S/c1-12(2)25-14-7-9-28(10-8-14)31(29,30)27-18-6-4-16(22)19(23)20(18)26-17-5-3-13(24)11-15(17)21/h3-6,11-12,14,25-27H,7-10H2,1-2H3. The molecule has 0 unspecified atom stereocenters. The molecule has 0 amide bonds. The van der Waals surface area contributed by atoms with Gasteiger partial charge in [0, 0.05) is 28.7 Å². The molecule has 2 aromatic carbocycles. The third kappa shape index (κ3) is 6.19. The van der Waals surface area contributed by atoms with Gasteiger partial charge in [0.15, 0.2) is 11.6 Å². The fourth-order valence-corrected chi connectivity index (χ4v) is 5.59. The van der Waals surface area contributed by atoms with Crippen molar-refractivity contribution in [3.63, 3.8) is 0 Å². The summed E-state index contributed by atoms with van der Waals surface area (Å²) in [4.78, 5) is 0. The predicted molar refractivity (Wildman–Crippen MR) is 129 cm³/mol. The van der Waals surface area contributed by atoms with E-state index in [1.54, 1.807) is 18.2 Å². The summed E-state index contributed by atoms with van der Waals surface area (Å²) in [6, 6.07) is 7.63. The lowest BCUT2D eigenvalue weighted by Crippen LogP contribution is -2.48. The summed E-state index contributed by atoms with van der Waals surface area (Å²) in [7, 11) is -3.96. The zero-order chi connectivity index (χ0) is 22.8. The summed E-state index contributed by atoms with van der Waals surface area (Å²) in [5, 5.41) is 6.43. The van der Waals surface area contributed by atoms with Gasteiger partial charge in [-0.1, -0.05) is 25.4 Å². The number of halogens is 4. The number of anilines is 3. The summed E-state index contributed by atoms with van der Waals surface area (Å²) < 4.78 is 58.9. The Labute approximate surface area is 200 Å². The van der Waals surface area contributed by atoms with Crippen molar-refractivity contribution in [3.8, 4) is 0 Å². The van der Waals surface area contributed by atoms with Crippen LogP contribution in [0.15, 0.2) is 30.3 Å². The van der Waals surface area contributed by atoms with Crippen LogP contribution in [0.1, 0.15) is 26.7 Å². The van der Waals surface area contributed by atoms with Crippen LogP contribution in [-0.4, -0.2) is 37.9 Å². The van der Waals surface area contributed by atoms with Gasteiger partial charge in [-0.25, -0.2) is 8.78 Å². The van der Waals surface area contributed by atoms with Crippen LogP contribution in [-0.2, 0) is 10.2 Å². The lowest BCUT2D eigenvalue weighted by atomic mass is 10.1. The molecule has 31 heavy (non-hydrogen) atoms. The third-order valence-electron chi connectivity index (χ3n) is 4.89. The first kappa shape index (κ1) is 24.4. The van der Waals surface area contributed by atoms with Crippen molar-refractivity contribution in [3.05, 3.63) is 50.6 Å². The Morgan fingerprint density at radius 1 is 1.13 bits per heavy atom. The molecular formula is C20H24ClF2IN4O2S. The van der Waals surface area contributed by atoms with E-state index in [9.17, 15) is 17.2 Å². The van der Waals surface area contributed by atoms with Crippen LogP contribution in [0, 0.1) is 15.2 Å². The van der Waals surface area contributed by atoms with E-state index >= 15 is 0 Å². The van der Waals surface area contributed by atoms with Crippen LogP contribution in [0.5, 0.6) is 0 Å². The lowest BCUT2D eigenvalue weighted by molar-refractivity contribution is 0.281. The van der Waals surface area contributed by atoms with Crippen molar-refractivity contribution < 1.29 is 17.2 Å². The predicted octanol–water partition coefficient (Wildman–Crippen LogP) is 5.09. The minimum absolute atomic E-state index is 0.101. The van der Waals surface area contributed by atoms with E-state index in [1.807, 2.05) is 13.8 Å². The van der Waals surface area contributed by atoms with E-state index in [-0.39, 0.29) is 17.4 Å². The molecule has 1 aliphatic heterocycles. The molecule has 0 atom stereocenters. The summed E-state index contributed by atoms with van der Waals surface area (Å²) >= 11 is 8.27. The molecule has 0 aromatic heterocycles. The number of nitrogens with one attached hydrogen (secondary N) is 3. The van der Waals surface area contributed by atoms with E-state index in [0.717, 1.165) is 9.64 Å². The highest BCUT2D eigenvalue weighted by atomic mass is 127. The Kier molecular flexibility index (Phi) is 8.00. The third-order valence-corrected chi connectivity index (χ3v) is 7.39. The highest BCUT2D eigenvalue weighted by molar-refractivity contribution is 14.1. The summed E-state index contributed by atoms with van der Waals surface area (Å²) in [5.41, 5.74) is -0.105. The van der Waals surface area contributed by atoms with Crippen molar-refractivity contribution >= 4 is 61.5 Å². The molecule has 170 valence electrons. The minimum Gasteiger partial charge on any atom is -0.350 e. The highest BCUT2D eigenvalue weighted by Gasteiger charge is 2.29. The van der Waals surface area contributed by atoms with E-state index in [0.29, 0.717) is 42.7 Å². The van der Waals surface area contributed by atoms with Gasteiger partial charge >= 0.3 is 10.2 Å². The van der Waals surface area contributed by atoms with Crippen LogP contribution in [0.3, 0.4) is 0 Å². The van der Waals surface area contributed by atoms with E-state index < -0.39 is 21.8 Å².